The zero-order chi connectivity index (χ0) is 27.1. The fraction of sp³-hybridized carbons (Fsp3) is 0.379. The third-order valence-corrected chi connectivity index (χ3v) is 7.22. The van der Waals surface area contributed by atoms with Crippen LogP contribution in [-0.4, -0.2) is 79.6 Å². The second-order valence-corrected chi connectivity index (χ2v) is 11.7. The Bertz CT molecular complexity index is 1610. The number of rotatable bonds is 6. The van der Waals surface area contributed by atoms with Crippen molar-refractivity contribution in [2.75, 3.05) is 43.4 Å². The monoisotopic (exact) mass is 525 g/mol. The van der Waals surface area contributed by atoms with Crippen molar-refractivity contribution in [2.24, 2.45) is 5.41 Å². The molecule has 0 saturated carbocycles. The van der Waals surface area contributed by atoms with Crippen LogP contribution in [0, 0.1) is 5.41 Å². The number of piperazine rings is 1. The highest BCUT2D eigenvalue weighted by Crippen LogP contribution is 2.33. The number of benzene rings is 1. The van der Waals surface area contributed by atoms with Gasteiger partial charge in [-0.15, -0.1) is 0 Å². The molecule has 1 saturated heterocycles. The first kappa shape index (κ1) is 25.3. The summed E-state index contributed by atoms with van der Waals surface area (Å²) in [4.78, 5) is 22.0. The minimum Gasteiger partial charge on any atom is -0.374 e. The summed E-state index contributed by atoms with van der Waals surface area (Å²) in [6, 6.07) is 8.18. The maximum Gasteiger partial charge on any atom is 0.159 e. The summed E-state index contributed by atoms with van der Waals surface area (Å²) < 4.78 is 0. The van der Waals surface area contributed by atoms with E-state index in [1.54, 1.807) is 6.20 Å². The topological polar surface area (TPSA) is 122 Å². The van der Waals surface area contributed by atoms with Gasteiger partial charge in [-0.1, -0.05) is 26.8 Å². The first-order valence-corrected chi connectivity index (χ1v) is 13.4. The highest BCUT2D eigenvalue weighted by molar-refractivity contribution is 5.97. The Hall–Kier alpha value is -4.02. The summed E-state index contributed by atoms with van der Waals surface area (Å²) in [6.07, 6.45) is 7.28. The summed E-state index contributed by atoms with van der Waals surface area (Å²) >= 11 is 0. The van der Waals surface area contributed by atoms with E-state index < -0.39 is 6.23 Å². The second kappa shape index (κ2) is 9.94. The number of imidazole rings is 1. The molecule has 1 unspecified atom stereocenters. The van der Waals surface area contributed by atoms with E-state index in [1.165, 1.54) is 0 Å². The number of aliphatic hydroxyl groups excluding tert-OH is 1. The lowest BCUT2D eigenvalue weighted by molar-refractivity contribution is 0.145. The molecule has 4 aromatic heterocycles. The molecule has 4 N–H and O–H groups in total. The van der Waals surface area contributed by atoms with E-state index in [4.69, 9.17) is 4.98 Å². The number of aromatic amines is 2. The summed E-state index contributed by atoms with van der Waals surface area (Å²) in [6.45, 7) is 10.2. The number of aliphatic hydroxyl groups is 1. The number of anilines is 2. The lowest BCUT2D eigenvalue weighted by Gasteiger charge is -2.33. The molecule has 1 fully saturated rings. The summed E-state index contributed by atoms with van der Waals surface area (Å²) in [5.41, 5.74) is 7.28. The number of nitrogens with zero attached hydrogens (tertiary/aromatic N) is 6. The highest BCUT2D eigenvalue weighted by Gasteiger charge is 2.21. The van der Waals surface area contributed by atoms with Crippen molar-refractivity contribution in [3.05, 3.63) is 49.1 Å². The lowest BCUT2D eigenvalue weighted by atomic mass is 9.91. The molecule has 5 aromatic rings. The molecule has 0 bridgehead atoms. The minimum atomic E-state index is -0.650. The first-order chi connectivity index (χ1) is 18.7. The Morgan fingerprint density at radius 2 is 1.77 bits per heavy atom. The van der Waals surface area contributed by atoms with E-state index in [1.807, 2.05) is 36.8 Å². The molecule has 0 amide bonds. The molecular weight excluding hydrogens is 490 g/mol. The maximum absolute atomic E-state index is 10.5. The largest absolute Gasteiger partial charge is 0.374 e. The number of likely N-dealkylation sites (N-methyl/N-ethyl adjacent to an activating group) is 1. The zero-order valence-electron chi connectivity index (χ0n) is 22.9. The number of hydrogen-bond donors (Lipinski definition) is 4. The van der Waals surface area contributed by atoms with Crippen LogP contribution >= 0.6 is 0 Å². The average molecular weight is 526 g/mol. The molecular formula is C29H35N9O. The fourth-order valence-corrected chi connectivity index (χ4v) is 5.18. The number of H-pyrrole nitrogens is 2. The van der Waals surface area contributed by atoms with Crippen LogP contribution in [0.25, 0.3) is 44.6 Å². The maximum atomic E-state index is 10.5. The molecule has 6 rings (SSSR count). The predicted octanol–water partition coefficient (Wildman–Crippen LogP) is 4.48. The quantitative estimate of drug-likeness (QED) is 0.239. The van der Waals surface area contributed by atoms with Gasteiger partial charge in [-0.25, -0.2) is 4.98 Å². The Kier molecular flexibility index (Phi) is 6.44. The van der Waals surface area contributed by atoms with Crippen LogP contribution in [0.4, 0.5) is 11.4 Å². The lowest BCUT2D eigenvalue weighted by Crippen LogP contribution is -2.44. The van der Waals surface area contributed by atoms with Gasteiger partial charge in [0.25, 0.3) is 0 Å². The van der Waals surface area contributed by atoms with Crippen molar-refractivity contribution in [1.29, 1.82) is 0 Å². The number of hydrogen-bond acceptors (Lipinski definition) is 8. The summed E-state index contributed by atoms with van der Waals surface area (Å²) in [7, 11) is 2.15. The van der Waals surface area contributed by atoms with E-state index in [0.29, 0.717) is 12.2 Å². The van der Waals surface area contributed by atoms with Crippen LogP contribution in [0.5, 0.6) is 0 Å². The molecule has 0 radical (unpaired) electrons. The standard InChI is InChI=1S/C29H35N9O/c1-29(2,3)13-25(39)32-20-11-19(14-30-15-20)18-5-6-22-21(12-18)26(36-35-22)28-33-23-16-31-17-24(27(23)34-28)38-9-7-37(4)8-10-38/h5-6,11-12,14-17,25,32,39H,7-10,13H2,1-4H3,(H,33,34)(H,35,36). The van der Waals surface area contributed by atoms with Crippen LogP contribution < -0.4 is 10.2 Å². The third-order valence-electron chi connectivity index (χ3n) is 7.22. The Morgan fingerprint density at radius 3 is 2.56 bits per heavy atom. The van der Waals surface area contributed by atoms with Gasteiger partial charge in [-0.05, 0) is 42.6 Å². The van der Waals surface area contributed by atoms with Gasteiger partial charge in [0.05, 0.1) is 41.0 Å². The molecule has 10 nitrogen and oxygen atoms in total. The van der Waals surface area contributed by atoms with Gasteiger partial charge in [0.2, 0.25) is 0 Å². The molecule has 39 heavy (non-hydrogen) atoms. The van der Waals surface area contributed by atoms with E-state index >= 15 is 0 Å². The van der Waals surface area contributed by atoms with Crippen LogP contribution in [0.2, 0.25) is 0 Å². The molecule has 1 aromatic carbocycles. The van der Waals surface area contributed by atoms with E-state index in [2.05, 4.69) is 74.2 Å². The van der Waals surface area contributed by atoms with Crippen LogP contribution in [0.1, 0.15) is 27.2 Å². The van der Waals surface area contributed by atoms with Gasteiger partial charge >= 0.3 is 0 Å². The highest BCUT2D eigenvalue weighted by atomic mass is 16.3. The van der Waals surface area contributed by atoms with Crippen molar-refractivity contribution in [3.8, 4) is 22.6 Å². The fourth-order valence-electron chi connectivity index (χ4n) is 5.18. The SMILES string of the molecule is CN1CCN(c2cncc3[nH]c(-c4n[nH]c5ccc(-c6cncc(NC(O)CC(C)(C)C)c6)cc45)nc23)CC1. The van der Waals surface area contributed by atoms with Crippen molar-refractivity contribution < 1.29 is 5.11 Å². The molecule has 1 aliphatic rings. The predicted molar refractivity (Wildman–Crippen MR) is 156 cm³/mol. The number of fused-ring (bicyclic) bond motifs is 2. The van der Waals surface area contributed by atoms with Gasteiger partial charge in [0, 0.05) is 43.3 Å². The van der Waals surface area contributed by atoms with Gasteiger partial charge in [-0.2, -0.15) is 5.10 Å². The van der Waals surface area contributed by atoms with Crippen LogP contribution in [0.15, 0.2) is 49.1 Å². The number of aromatic nitrogens is 6. The van der Waals surface area contributed by atoms with Gasteiger partial charge in [0.1, 0.15) is 17.4 Å². The molecule has 0 aliphatic carbocycles. The Labute approximate surface area is 227 Å². The van der Waals surface area contributed by atoms with Crippen molar-refractivity contribution >= 4 is 33.3 Å². The molecule has 1 atom stereocenters. The minimum absolute atomic E-state index is 0.0121. The van der Waals surface area contributed by atoms with Crippen molar-refractivity contribution in [3.63, 3.8) is 0 Å². The van der Waals surface area contributed by atoms with E-state index in [9.17, 15) is 5.11 Å². The Balaban J connectivity index is 1.32. The average Bonchev–Trinajstić information content (AvgIpc) is 3.52. The smallest absolute Gasteiger partial charge is 0.159 e. The first-order valence-electron chi connectivity index (χ1n) is 13.4. The van der Waals surface area contributed by atoms with Gasteiger partial charge < -0.3 is 25.2 Å². The molecule has 202 valence electrons. The zero-order valence-corrected chi connectivity index (χ0v) is 22.9. The molecule has 1 aliphatic heterocycles. The molecule has 10 heteroatoms. The summed E-state index contributed by atoms with van der Waals surface area (Å²) in [5.74, 6) is 0.704. The van der Waals surface area contributed by atoms with E-state index in [0.717, 1.165) is 76.3 Å². The van der Waals surface area contributed by atoms with Crippen LogP contribution in [0.3, 0.4) is 0 Å². The van der Waals surface area contributed by atoms with Crippen molar-refractivity contribution in [2.45, 2.75) is 33.4 Å². The number of nitrogens with one attached hydrogen (secondary N) is 3. The summed E-state index contributed by atoms with van der Waals surface area (Å²) in [5, 5.41) is 22.4. The van der Waals surface area contributed by atoms with Gasteiger partial charge in [-0.3, -0.25) is 15.1 Å². The third kappa shape index (κ3) is 5.30. The molecule has 5 heterocycles. The Morgan fingerprint density at radius 1 is 0.974 bits per heavy atom. The van der Waals surface area contributed by atoms with Crippen LogP contribution in [-0.2, 0) is 0 Å². The van der Waals surface area contributed by atoms with Gasteiger partial charge in [0.15, 0.2) is 5.82 Å². The normalized spacial score (nSPS) is 15.8. The van der Waals surface area contributed by atoms with E-state index in [-0.39, 0.29) is 5.41 Å². The second-order valence-electron chi connectivity index (χ2n) is 11.7. The molecule has 0 spiro atoms. The number of pyridine rings is 2. The van der Waals surface area contributed by atoms with Crippen molar-refractivity contribution in [1.82, 2.24) is 35.0 Å².